The number of nitrogens with one attached hydrogen (secondary N) is 2. The number of rotatable bonds is 6. The Balaban J connectivity index is 1.50. The third-order valence-electron chi connectivity index (χ3n) is 5.71. The number of amides is 4. The van der Waals surface area contributed by atoms with Gasteiger partial charge < -0.3 is 14.8 Å². The number of carbonyl (C=O) groups is 4. The molecule has 1 aliphatic carbocycles. The highest BCUT2D eigenvalue weighted by molar-refractivity contribution is 6.08. The van der Waals surface area contributed by atoms with E-state index in [0.29, 0.717) is 35.1 Å². The Morgan fingerprint density at radius 3 is 2.63 bits per heavy atom. The van der Waals surface area contributed by atoms with Crippen molar-refractivity contribution in [1.82, 2.24) is 15.8 Å². The molecule has 1 aromatic carbocycles. The van der Waals surface area contributed by atoms with Gasteiger partial charge in [0.05, 0.1) is 13.5 Å². The summed E-state index contributed by atoms with van der Waals surface area (Å²) in [5.74, 6) is -0.675. The highest BCUT2D eigenvalue weighted by atomic mass is 16.5. The minimum atomic E-state index is -0.946. The molecule has 2 aliphatic rings. The van der Waals surface area contributed by atoms with Crippen molar-refractivity contribution in [3.8, 4) is 5.75 Å². The van der Waals surface area contributed by atoms with Gasteiger partial charge in [-0.05, 0) is 55.7 Å². The van der Waals surface area contributed by atoms with Crippen LogP contribution in [0.1, 0.15) is 43.7 Å². The van der Waals surface area contributed by atoms with Crippen LogP contribution in [0, 0.1) is 12.8 Å². The van der Waals surface area contributed by atoms with Gasteiger partial charge in [-0.25, -0.2) is 4.79 Å². The van der Waals surface area contributed by atoms with E-state index in [0.717, 1.165) is 18.4 Å². The van der Waals surface area contributed by atoms with Crippen LogP contribution in [0.25, 0.3) is 0 Å². The average Bonchev–Trinajstić information content (AvgIpc) is 2.94. The van der Waals surface area contributed by atoms with Crippen LogP contribution in [0.15, 0.2) is 18.2 Å². The SMILES string of the molecule is COc1cc(CC(=O)OCC(=O)NN2C(=O)NC3(CCC(C)CC3)C2=O)ccc1C. The van der Waals surface area contributed by atoms with E-state index in [1.165, 1.54) is 0 Å². The standard InChI is InChI=1S/C21H27N3O6/c1-13-6-8-21(9-7-13)19(27)24(20(28)22-21)23-17(25)12-30-18(26)11-15-5-4-14(2)16(10-15)29-3/h4-5,10,13H,6-9,11-12H2,1-3H3,(H,22,28)(H,23,25). The van der Waals surface area contributed by atoms with Crippen LogP contribution < -0.4 is 15.5 Å². The lowest BCUT2D eigenvalue weighted by molar-refractivity contribution is -0.150. The molecule has 30 heavy (non-hydrogen) atoms. The van der Waals surface area contributed by atoms with Gasteiger partial charge in [0.15, 0.2) is 6.61 Å². The highest BCUT2D eigenvalue weighted by Gasteiger charge is 2.52. The van der Waals surface area contributed by atoms with Crippen molar-refractivity contribution in [2.75, 3.05) is 13.7 Å². The summed E-state index contributed by atoms with van der Waals surface area (Å²) >= 11 is 0. The summed E-state index contributed by atoms with van der Waals surface area (Å²) in [5.41, 5.74) is 2.92. The van der Waals surface area contributed by atoms with Crippen LogP contribution >= 0.6 is 0 Å². The molecule has 9 heteroatoms. The van der Waals surface area contributed by atoms with Crippen LogP contribution in [-0.2, 0) is 25.5 Å². The predicted molar refractivity (Wildman–Crippen MR) is 106 cm³/mol. The predicted octanol–water partition coefficient (Wildman–Crippen LogP) is 1.62. The fraction of sp³-hybridized carbons (Fsp3) is 0.524. The fourth-order valence-corrected chi connectivity index (χ4v) is 3.81. The van der Waals surface area contributed by atoms with Crippen molar-refractivity contribution in [3.63, 3.8) is 0 Å². The number of urea groups is 1. The molecular weight excluding hydrogens is 390 g/mol. The van der Waals surface area contributed by atoms with Gasteiger partial charge in [-0.2, -0.15) is 5.01 Å². The second kappa shape index (κ2) is 8.73. The molecule has 0 unspecified atom stereocenters. The smallest absolute Gasteiger partial charge is 0.344 e. The molecule has 4 amide bonds. The van der Waals surface area contributed by atoms with Gasteiger partial charge in [0, 0.05) is 0 Å². The Morgan fingerprint density at radius 1 is 1.27 bits per heavy atom. The zero-order chi connectivity index (χ0) is 21.9. The molecule has 0 radical (unpaired) electrons. The molecule has 1 saturated heterocycles. The molecule has 3 rings (SSSR count). The summed E-state index contributed by atoms with van der Waals surface area (Å²) in [6.45, 7) is 3.40. The Bertz CT molecular complexity index is 860. The van der Waals surface area contributed by atoms with Gasteiger partial charge in [0.25, 0.3) is 11.8 Å². The van der Waals surface area contributed by atoms with Gasteiger partial charge in [-0.3, -0.25) is 19.8 Å². The Hall–Kier alpha value is -3.10. The molecule has 1 aromatic rings. The maximum atomic E-state index is 12.7. The maximum absolute atomic E-state index is 12.7. The van der Waals surface area contributed by atoms with Crippen LogP contribution in [0.2, 0.25) is 0 Å². The highest BCUT2D eigenvalue weighted by Crippen LogP contribution is 2.35. The van der Waals surface area contributed by atoms with Crippen molar-refractivity contribution in [3.05, 3.63) is 29.3 Å². The van der Waals surface area contributed by atoms with E-state index in [2.05, 4.69) is 17.7 Å². The van der Waals surface area contributed by atoms with Crippen LogP contribution in [-0.4, -0.2) is 48.1 Å². The van der Waals surface area contributed by atoms with E-state index >= 15 is 0 Å². The van der Waals surface area contributed by atoms with E-state index < -0.39 is 36.0 Å². The largest absolute Gasteiger partial charge is 0.496 e. The number of methoxy groups -OCH3 is 1. The van der Waals surface area contributed by atoms with Crippen LogP contribution in [0.3, 0.4) is 0 Å². The maximum Gasteiger partial charge on any atom is 0.344 e. The molecule has 1 aliphatic heterocycles. The zero-order valence-electron chi connectivity index (χ0n) is 17.4. The van der Waals surface area contributed by atoms with E-state index in [1.807, 2.05) is 13.0 Å². The number of imide groups is 1. The number of esters is 1. The van der Waals surface area contributed by atoms with Gasteiger partial charge >= 0.3 is 12.0 Å². The summed E-state index contributed by atoms with van der Waals surface area (Å²) in [5, 5.41) is 3.40. The summed E-state index contributed by atoms with van der Waals surface area (Å²) in [6, 6.07) is 4.67. The molecular formula is C21H27N3O6. The van der Waals surface area contributed by atoms with Crippen molar-refractivity contribution in [1.29, 1.82) is 0 Å². The summed E-state index contributed by atoms with van der Waals surface area (Å²) < 4.78 is 10.2. The first-order valence-electron chi connectivity index (χ1n) is 9.99. The number of benzene rings is 1. The number of ether oxygens (including phenoxy) is 2. The van der Waals surface area contributed by atoms with Gasteiger partial charge in [-0.15, -0.1) is 0 Å². The third kappa shape index (κ3) is 4.55. The molecule has 0 atom stereocenters. The van der Waals surface area contributed by atoms with Gasteiger partial charge in [0.2, 0.25) is 0 Å². The van der Waals surface area contributed by atoms with Crippen LogP contribution in [0.5, 0.6) is 5.75 Å². The second-order valence-electron chi connectivity index (χ2n) is 8.01. The molecule has 0 aromatic heterocycles. The van der Waals surface area contributed by atoms with E-state index in [-0.39, 0.29) is 6.42 Å². The number of hydrogen-bond acceptors (Lipinski definition) is 6. The van der Waals surface area contributed by atoms with Crippen LogP contribution in [0.4, 0.5) is 4.79 Å². The number of carbonyl (C=O) groups excluding carboxylic acids is 4. The van der Waals surface area contributed by atoms with E-state index in [9.17, 15) is 19.2 Å². The molecule has 0 bridgehead atoms. The molecule has 1 saturated carbocycles. The number of hydrogen-bond donors (Lipinski definition) is 2. The van der Waals surface area contributed by atoms with Crippen molar-refractivity contribution in [2.24, 2.45) is 5.92 Å². The fourth-order valence-electron chi connectivity index (χ4n) is 3.81. The Kier molecular flexibility index (Phi) is 6.28. The lowest BCUT2D eigenvalue weighted by atomic mass is 9.77. The van der Waals surface area contributed by atoms with E-state index in [4.69, 9.17) is 9.47 Å². The summed E-state index contributed by atoms with van der Waals surface area (Å²) in [4.78, 5) is 49.1. The van der Waals surface area contributed by atoms with Gasteiger partial charge in [0.1, 0.15) is 11.3 Å². The van der Waals surface area contributed by atoms with Crippen molar-refractivity contribution < 1.29 is 28.7 Å². The first-order valence-corrected chi connectivity index (χ1v) is 9.99. The molecule has 1 spiro atoms. The normalized spacial score (nSPS) is 23.3. The third-order valence-corrected chi connectivity index (χ3v) is 5.71. The molecule has 162 valence electrons. The molecule has 9 nitrogen and oxygen atoms in total. The zero-order valence-corrected chi connectivity index (χ0v) is 17.4. The topological polar surface area (TPSA) is 114 Å². The molecule has 2 fully saturated rings. The van der Waals surface area contributed by atoms with Gasteiger partial charge in [-0.1, -0.05) is 19.1 Å². The van der Waals surface area contributed by atoms with Crippen molar-refractivity contribution >= 4 is 23.8 Å². The monoisotopic (exact) mass is 417 g/mol. The minimum absolute atomic E-state index is 0.0334. The number of nitrogens with zero attached hydrogens (tertiary/aromatic N) is 1. The molecule has 2 N–H and O–H groups in total. The lowest BCUT2D eigenvalue weighted by Crippen LogP contribution is -2.52. The van der Waals surface area contributed by atoms with Crippen molar-refractivity contribution in [2.45, 2.75) is 51.5 Å². The summed E-state index contributed by atoms with van der Waals surface area (Å²) in [6.07, 6.45) is 2.71. The quantitative estimate of drug-likeness (QED) is 0.537. The number of aryl methyl sites for hydroxylation is 1. The average molecular weight is 417 g/mol. The molecule has 1 heterocycles. The summed E-state index contributed by atoms with van der Waals surface area (Å²) in [7, 11) is 1.54. The Labute approximate surface area is 175 Å². The first-order chi connectivity index (χ1) is 14.2. The Morgan fingerprint density at radius 2 is 1.97 bits per heavy atom. The lowest BCUT2D eigenvalue weighted by Gasteiger charge is -2.33. The second-order valence-corrected chi connectivity index (χ2v) is 8.01. The number of hydrazine groups is 1. The minimum Gasteiger partial charge on any atom is -0.496 e. The first kappa shape index (κ1) is 21.6. The van der Waals surface area contributed by atoms with E-state index in [1.54, 1.807) is 19.2 Å².